The van der Waals surface area contributed by atoms with E-state index in [9.17, 15) is 4.79 Å². The Morgan fingerprint density at radius 3 is 2.50 bits per heavy atom. The number of hydrogen-bond acceptors (Lipinski definition) is 8. The number of hydrogen-bond donors (Lipinski definition) is 0. The molecule has 0 N–H and O–H groups in total. The van der Waals surface area contributed by atoms with E-state index in [4.69, 9.17) is 14.1 Å². The van der Waals surface area contributed by atoms with E-state index in [1.54, 1.807) is 13.4 Å². The monoisotopic (exact) mass is 533 g/mol. The van der Waals surface area contributed by atoms with Crippen molar-refractivity contribution in [2.45, 2.75) is 25.9 Å². The Labute approximate surface area is 228 Å². The molecule has 1 amide bonds. The molecule has 0 spiro atoms. The van der Waals surface area contributed by atoms with Gasteiger partial charge in [0.1, 0.15) is 17.3 Å². The van der Waals surface area contributed by atoms with E-state index < -0.39 is 0 Å². The van der Waals surface area contributed by atoms with Gasteiger partial charge in [-0.3, -0.25) is 4.79 Å². The van der Waals surface area contributed by atoms with Crippen LogP contribution in [0.3, 0.4) is 0 Å². The average molecular weight is 534 g/mol. The van der Waals surface area contributed by atoms with Crippen LogP contribution in [0.1, 0.15) is 29.1 Å². The predicted octanol–water partition coefficient (Wildman–Crippen LogP) is 4.72. The van der Waals surface area contributed by atoms with E-state index in [1.165, 1.54) is 11.5 Å². The van der Waals surface area contributed by atoms with Gasteiger partial charge in [-0.05, 0) is 49.5 Å². The molecule has 9 heteroatoms. The van der Waals surface area contributed by atoms with Gasteiger partial charge in [0.2, 0.25) is 11.0 Å². The Balaban J connectivity index is 1.45. The number of nitrogens with zero attached hydrogens (tertiary/aromatic N) is 5. The number of rotatable bonds is 14. The number of methoxy groups -OCH3 is 1. The number of aromatic nitrogens is 2. The van der Waals surface area contributed by atoms with Crippen LogP contribution in [0.4, 0.5) is 5.13 Å². The fourth-order valence-corrected chi connectivity index (χ4v) is 4.76. The minimum atomic E-state index is 0.112. The number of furan rings is 1. The van der Waals surface area contributed by atoms with Crippen molar-refractivity contribution < 1.29 is 13.9 Å². The van der Waals surface area contributed by atoms with Gasteiger partial charge in [-0.1, -0.05) is 42.5 Å². The summed E-state index contributed by atoms with van der Waals surface area (Å²) in [7, 11) is 5.71. The molecule has 0 aliphatic rings. The Morgan fingerprint density at radius 1 is 0.947 bits per heavy atom. The van der Waals surface area contributed by atoms with Gasteiger partial charge < -0.3 is 23.9 Å². The first-order valence-electron chi connectivity index (χ1n) is 12.7. The molecule has 4 rings (SSSR count). The highest BCUT2D eigenvalue weighted by molar-refractivity contribution is 7.09. The molecule has 0 unspecified atom stereocenters. The minimum absolute atomic E-state index is 0.112. The molecule has 0 aliphatic carbocycles. The SMILES string of the molecule is COc1cccc(Cc2nsc(N(CCC(=O)N(CCN(C)C)Cc3ccccc3)Cc3ccco3)n2)c1. The third-order valence-corrected chi connectivity index (χ3v) is 6.95. The lowest BCUT2D eigenvalue weighted by atomic mass is 10.1. The quantitative estimate of drug-likeness (QED) is 0.232. The molecule has 0 saturated carbocycles. The maximum absolute atomic E-state index is 13.4. The van der Waals surface area contributed by atoms with E-state index in [0.29, 0.717) is 39.0 Å². The van der Waals surface area contributed by atoms with Crippen LogP contribution in [0, 0.1) is 0 Å². The molecule has 0 bridgehead atoms. The van der Waals surface area contributed by atoms with Gasteiger partial charge in [0.15, 0.2) is 0 Å². The number of anilines is 1. The average Bonchev–Trinajstić information content (AvgIpc) is 3.61. The van der Waals surface area contributed by atoms with Crippen molar-refractivity contribution in [3.63, 3.8) is 0 Å². The summed E-state index contributed by atoms with van der Waals surface area (Å²) in [5.41, 5.74) is 2.21. The summed E-state index contributed by atoms with van der Waals surface area (Å²) < 4.78 is 15.6. The molecular formula is C29H35N5O3S. The first-order valence-corrected chi connectivity index (χ1v) is 13.5. The van der Waals surface area contributed by atoms with E-state index in [0.717, 1.165) is 40.1 Å². The topological polar surface area (TPSA) is 74.9 Å². The van der Waals surface area contributed by atoms with Crippen molar-refractivity contribution in [3.8, 4) is 5.75 Å². The van der Waals surface area contributed by atoms with Crippen molar-refractivity contribution in [1.82, 2.24) is 19.2 Å². The molecule has 200 valence electrons. The largest absolute Gasteiger partial charge is 0.497 e. The van der Waals surface area contributed by atoms with Crippen LogP contribution >= 0.6 is 11.5 Å². The molecule has 0 saturated heterocycles. The summed E-state index contributed by atoms with van der Waals surface area (Å²) in [5, 5.41) is 0.773. The Morgan fingerprint density at radius 2 is 1.76 bits per heavy atom. The van der Waals surface area contributed by atoms with E-state index in [2.05, 4.69) is 26.3 Å². The third kappa shape index (κ3) is 8.16. The normalized spacial score (nSPS) is 11.1. The van der Waals surface area contributed by atoms with E-state index >= 15 is 0 Å². The highest BCUT2D eigenvalue weighted by atomic mass is 32.1. The molecule has 2 heterocycles. The van der Waals surface area contributed by atoms with Crippen molar-refractivity contribution in [1.29, 1.82) is 0 Å². The molecule has 2 aromatic heterocycles. The first-order chi connectivity index (χ1) is 18.5. The number of ether oxygens (including phenoxy) is 1. The highest BCUT2D eigenvalue weighted by Crippen LogP contribution is 2.23. The lowest BCUT2D eigenvalue weighted by Gasteiger charge is -2.26. The van der Waals surface area contributed by atoms with E-state index in [1.807, 2.05) is 73.6 Å². The molecule has 0 fully saturated rings. The van der Waals surface area contributed by atoms with Crippen molar-refractivity contribution >= 4 is 22.6 Å². The van der Waals surface area contributed by atoms with Crippen LogP contribution < -0.4 is 9.64 Å². The van der Waals surface area contributed by atoms with Gasteiger partial charge in [0.05, 0.1) is 19.9 Å². The summed E-state index contributed by atoms with van der Waals surface area (Å²) in [5.74, 6) is 2.48. The fraction of sp³-hybridized carbons (Fsp3) is 0.345. The van der Waals surface area contributed by atoms with Crippen LogP contribution in [-0.2, 0) is 24.3 Å². The number of carbonyl (C=O) groups excluding carboxylic acids is 1. The van der Waals surface area contributed by atoms with Gasteiger partial charge in [-0.2, -0.15) is 4.37 Å². The van der Waals surface area contributed by atoms with Crippen LogP contribution in [0.25, 0.3) is 0 Å². The van der Waals surface area contributed by atoms with Gasteiger partial charge in [-0.15, -0.1) is 0 Å². The number of likely N-dealkylation sites (N-methyl/N-ethyl adjacent to an activating group) is 1. The summed E-state index contributed by atoms with van der Waals surface area (Å²) in [6.07, 6.45) is 2.64. The zero-order valence-electron chi connectivity index (χ0n) is 22.2. The summed E-state index contributed by atoms with van der Waals surface area (Å²) in [4.78, 5) is 24.3. The second kappa shape index (κ2) is 13.7. The highest BCUT2D eigenvalue weighted by Gasteiger charge is 2.20. The van der Waals surface area contributed by atoms with E-state index in [-0.39, 0.29) is 5.91 Å². The molecule has 2 aromatic carbocycles. The lowest BCUT2D eigenvalue weighted by molar-refractivity contribution is -0.131. The molecule has 0 radical (unpaired) electrons. The van der Waals surface area contributed by atoms with Gasteiger partial charge in [0, 0.05) is 50.6 Å². The summed E-state index contributed by atoms with van der Waals surface area (Å²) >= 11 is 1.35. The third-order valence-electron chi connectivity index (χ3n) is 6.13. The van der Waals surface area contributed by atoms with Crippen LogP contribution in [0.2, 0.25) is 0 Å². The minimum Gasteiger partial charge on any atom is -0.497 e. The van der Waals surface area contributed by atoms with Gasteiger partial charge in [0.25, 0.3) is 0 Å². The van der Waals surface area contributed by atoms with Crippen LogP contribution in [0.15, 0.2) is 77.4 Å². The predicted molar refractivity (Wildman–Crippen MR) is 150 cm³/mol. The maximum Gasteiger partial charge on any atom is 0.224 e. The number of carbonyl (C=O) groups is 1. The van der Waals surface area contributed by atoms with Crippen molar-refractivity contribution in [3.05, 3.63) is 95.7 Å². The lowest BCUT2D eigenvalue weighted by Crippen LogP contribution is -2.38. The molecule has 0 aliphatic heterocycles. The van der Waals surface area contributed by atoms with Crippen LogP contribution in [0.5, 0.6) is 5.75 Å². The summed E-state index contributed by atoms with van der Waals surface area (Å²) in [6, 6.07) is 21.9. The second-order valence-electron chi connectivity index (χ2n) is 9.38. The molecule has 38 heavy (non-hydrogen) atoms. The van der Waals surface area contributed by atoms with Gasteiger partial charge in [-0.25, -0.2) is 4.98 Å². The fourth-order valence-electron chi connectivity index (χ4n) is 4.05. The van der Waals surface area contributed by atoms with Crippen molar-refractivity contribution in [2.24, 2.45) is 0 Å². The first kappa shape index (κ1) is 27.3. The molecule has 4 aromatic rings. The Hall–Kier alpha value is -3.69. The summed E-state index contributed by atoms with van der Waals surface area (Å²) in [6.45, 7) is 3.10. The van der Waals surface area contributed by atoms with Gasteiger partial charge >= 0.3 is 0 Å². The molecule has 0 atom stereocenters. The Kier molecular flexibility index (Phi) is 9.89. The standard InChI is InChI=1S/C29H35N5O3S/c1-32(2)16-17-33(21-23-9-5-4-6-10-23)28(35)14-15-34(22-26-13-8-18-37-26)29-30-27(31-38-29)20-24-11-7-12-25(19-24)36-3/h4-13,18-19H,14-17,20-22H2,1-3H3. The number of amides is 1. The molecule has 8 nitrogen and oxygen atoms in total. The zero-order chi connectivity index (χ0) is 26.7. The smallest absolute Gasteiger partial charge is 0.224 e. The van der Waals surface area contributed by atoms with Crippen LogP contribution in [-0.4, -0.2) is 65.9 Å². The second-order valence-corrected chi connectivity index (χ2v) is 10.1. The number of benzene rings is 2. The molecular weight excluding hydrogens is 498 g/mol. The Bertz CT molecular complexity index is 1260. The maximum atomic E-state index is 13.4. The zero-order valence-corrected chi connectivity index (χ0v) is 23.1. The van der Waals surface area contributed by atoms with Crippen molar-refractivity contribution in [2.75, 3.05) is 45.7 Å².